The number of carbonyl (C=O) groups is 1. The number of carbonyl (C=O) groups excluding carboxylic acids is 1. The van der Waals surface area contributed by atoms with Crippen LogP contribution in [-0.4, -0.2) is 23.7 Å². The lowest BCUT2D eigenvalue weighted by molar-refractivity contribution is 0.198. The maximum absolute atomic E-state index is 12.0. The van der Waals surface area contributed by atoms with Gasteiger partial charge in [0.15, 0.2) is 0 Å². The van der Waals surface area contributed by atoms with E-state index in [-0.39, 0.29) is 12.1 Å². The number of nitrogens with zero attached hydrogens (tertiary/aromatic N) is 1. The average molecular weight is 353 g/mol. The molecular weight excluding hydrogens is 326 g/mol. The Morgan fingerprint density at radius 3 is 2.85 bits per heavy atom. The summed E-state index contributed by atoms with van der Waals surface area (Å²) in [7, 11) is 0. The van der Waals surface area contributed by atoms with Crippen LogP contribution in [0.15, 0.2) is 42.6 Å². The van der Waals surface area contributed by atoms with E-state index in [2.05, 4.69) is 40.7 Å². The van der Waals surface area contributed by atoms with Crippen LogP contribution in [0, 0.1) is 6.92 Å². The highest BCUT2D eigenvalue weighted by Gasteiger charge is 2.18. The average Bonchev–Trinajstić information content (AvgIpc) is 3.14. The van der Waals surface area contributed by atoms with Crippen molar-refractivity contribution in [3.8, 4) is 5.88 Å². The molecule has 5 heteroatoms. The van der Waals surface area contributed by atoms with Gasteiger partial charge in [0.2, 0.25) is 5.88 Å². The summed E-state index contributed by atoms with van der Waals surface area (Å²) in [6, 6.07) is 12.0. The Balaban J connectivity index is 1.44. The number of hydrogen-bond acceptors (Lipinski definition) is 3. The highest BCUT2D eigenvalue weighted by Crippen LogP contribution is 2.24. The first kappa shape index (κ1) is 18.2. The molecule has 1 aliphatic rings. The van der Waals surface area contributed by atoms with Crippen LogP contribution in [-0.2, 0) is 13.0 Å². The van der Waals surface area contributed by atoms with Gasteiger partial charge in [0.25, 0.3) is 0 Å². The topological polar surface area (TPSA) is 63.2 Å². The number of aromatic nitrogens is 1. The van der Waals surface area contributed by atoms with E-state index in [9.17, 15) is 4.79 Å². The molecular formula is C21H27N3O2. The zero-order valence-corrected chi connectivity index (χ0v) is 15.3. The van der Waals surface area contributed by atoms with Crippen LogP contribution in [0.3, 0.4) is 0 Å². The van der Waals surface area contributed by atoms with Gasteiger partial charge in [-0.25, -0.2) is 9.78 Å². The van der Waals surface area contributed by atoms with Gasteiger partial charge in [-0.05, 0) is 50.7 Å². The highest BCUT2D eigenvalue weighted by molar-refractivity contribution is 5.73. The predicted octanol–water partition coefficient (Wildman–Crippen LogP) is 3.75. The molecule has 0 radical (unpaired) electrons. The second kappa shape index (κ2) is 9.22. The molecule has 2 N–H and O–H groups in total. The maximum Gasteiger partial charge on any atom is 0.315 e. The first-order chi connectivity index (χ1) is 12.7. The van der Waals surface area contributed by atoms with Crippen molar-refractivity contribution in [2.45, 2.75) is 51.7 Å². The number of urea groups is 1. The van der Waals surface area contributed by atoms with Gasteiger partial charge in [0.1, 0.15) is 6.10 Å². The number of amides is 2. The number of nitrogens with one attached hydrogen (secondary N) is 2. The van der Waals surface area contributed by atoms with E-state index in [1.165, 1.54) is 24.0 Å². The third-order valence-corrected chi connectivity index (χ3v) is 4.65. The second-order valence-corrected chi connectivity index (χ2v) is 6.84. The monoisotopic (exact) mass is 353 g/mol. The lowest BCUT2D eigenvalue weighted by atomic mass is 10.1. The zero-order valence-electron chi connectivity index (χ0n) is 15.3. The molecule has 3 rings (SSSR count). The Morgan fingerprint density at radius 1 is 1.19 bits per heavy atom. The highest BCUT2D eigenvalue weighted by atomic mass is 16.5. The molecule has 0 unspecified atom stereocenters. The third-order valence-electron chi connectivity index (χ3n) is 4.65. The molecule has 1 aliphatic carbocycles. The maximum atomic E-state index is 12.0. The van der Waals surface area contributed by atoms with Gasteiger partial charge in [-0.1, -0.05) is 35.9 Å². The molecule has 138 valence electrons. The molecule has 1 fully saturated rings. The second-order valence-electron chi connectivity index (χ2n) is 6.84. The molecule has 1 heterocycles. The van der Waals surface area contributed by atoms with E-state index in [0.29, 0.717) is 19.0 Å². The lowest BCUT2D eigenvalue weighted by Crippen LogP contribution is -2.36. The molecule has 2 amide bonds. The lowest BCUT2D eigenvalue weighted by Gasteiger charge is -2.15. The van der Waals surface area contributed by atoms with Crippen molar-refractivity contribution in [2.75, 3.05) is 6.54 Å². The van der Waals surface area contributed by atoms with Crippen LogP contribution in [0.5, 0.6) is 5.88 Å². The third kappa shape index (κ3) is 5.48. The molecule has 1 saturated carbocycles. The minimum absolute atomic E-state index is 0.173. The molecule has 1 aromatic carbocycles. The fourth-order valence-corrected chi connectivity index (χ4v) is 3.25. The normalized spacial score (nSPS) is 14.2. The summed E-state index contributed by atoms with van der Waals surface area (Å²) >= 11 is 0. The van der Waals surface area contributed by atoms with Gasteiger partial charge in [-0.15, -0.1) is 0 Å². The summed E-state index contributed by atoms with van der Waals surface area (Å²) in [6.45, 7) is 3.09. The summed E-state index contributed by atoms with van der Waals surface area (Å²) in [5.74, 6) is 0.638. The van der Waals surface area contributed by atoms with Crippen molar-refractivity contribution in [1.29, 1.82) is 0 Å². The van der Waals surface area contributed by atoms with Gasteiger partial charge in [0.05, 0.1) is 0 Å². The van der Waals surface area contributed by atoms with Crippen molar-refractivity contribution < 1.29 is 9.53 Å². The molecule has 0 atom stereocenters. The first-order valence-corrected chi connectivity index (χ1v) is 9.38. The van der Waals surface area contributed by atoms with Crippen LogP contribution < -0.4 is 15.4 Å². The molecule has 0 aliphatic heterocycles. The smallest absolute Gasteiger partial charge is 0.315 e. The van der Waals surface area contributed by atoms with E-state index in [4.69, 9.17) is 4.74 Å². The van der Waals surface area contributed by atoms with Gasteiger partial charge in [0, 0.05) is 24.8 Å². The van der Waals surface area contributed by atoms with Crippen molar-refractivity contribution in [3.05, 3.63) is 59.3 Å². The summed E-state index contributed by atoms with van der Waals surface area (Å²) in [4.78, 5) is 16.4. The summed E-state index contributed by atoms with van der Waals surface area (Å²) in [5, 5.41) is 5.79. The molecule has 1 aromatic heterocycles. The van der Waals surface area contributed by atoms with Crippen molar-refractivity contribution in [1.82, 2.24) is 15.6 Å². The Hall–Kier alpha value is -2.56. The van der Waals surface area contributed by atoms with Crippen LogP contribution in [0.25, 0.3) is 0 Å². The SMILES string of the molecule is Cc1cccc(CCNC(=O)NCc2cccnc2OC2CCCC2)c1. The predicted molar refractivity (Wildman–Crippen MR) is 102 cm³/mol. The molecule has 0 saturated heterocycles. The molecule has 5 nitrogen and oxygen atoms in total. The van der Waals surface area contributed by atoms with Crippen LogP contribution in [0.2, 0.25) is 0 Å². The van der Waals surface area contributed by atoms with Crippen LogP contribution in [0.1, 0.15) is 42.4 Å². The van der Waals surface area contributed by atoms with Crippen molar-refractivity contribution >= 4 is 6.03 Å². The Kier molecular flexibility index (Phi) is 6.47. The fraction of sp³-hybridized carbons (Fsp3) is 0.429. The summed E-state index contributed by atoms with van der Waals surface area (Å²) in [6.07, 6.45) is 7.41. The summed E-state index contributed by atoms with van der Waals surface area (Å²) < 4.78 is 6.01. The van der Waals surface area contributed by atoms with Gasteiger partial charge in [-0.2, -0.15) is 0 Å². The molecule has 2 aromatic rings. The molecule has 26 heavy (non-hydrogen) atoms. The fourth-order valence-electron chi connectivity index (χ4n) is 3.25. The number of rotatable bonds is 7. The largest absolute Gasteiger partial charge is 0.474 e. The number of hydrogen-bond donors (Lipinski definition) is 2. The van der Waals surface area contributed by atoms with E-state index >= 15 is 0 Å². The minimum Gasteiger partial charge on any atom is -0.474 e. The number of benzene rings is 1. The Morgan fingerprint density at radius 2 is 2.04 bits per heavy atom. The van der Waals surface area contributed by atoms with Gasteiger partial charge >= 0.3 is 6.03 Å². The van der Waals surface area contributed by atoms with E-state index in [0.717, 1.165) is 24.8 Å². The van der Waals surface area contributed by atoms with E-state index < -0.39 is 0 Å². The quantitative estimate of drug-likeness (QED) is 0.797. The van der Waals surface area contributed by atoms with E-state index in [1.807, 2.05) is 18.2 Å². The minimum atomic E-state index is -0.173. The van der Waals surface area contributed by atoms with Gasteiger partial charge < -0.3 is 15.4 Å². The molecule has 0 bridgehead atoms. The molecule has 0 spiro atoms. The van der Waals surface area contributed by atoms with Crippen LogP contribution in [0.4, 0.5) is 4.79 Å². The number of ether oxygens (including phenoxy) is 1. The first-order valence-electron chi connectivity index (χ1n) is 9.38. The zero-order chi connectivity index (χ0) is 18.2. The van der Waals surface area contributed by atoms with Gasteiger partial charge in [-0.3, -0.25) is 0 Å². The Labute approximate surface area is 155 Å². The van der Waals surface area contributed by atoms with E-state index in [1.54, 1.807) is 6.20 Å². The number of aryl methyl sites for hydroxylation is 1. The van der Waals surface area contributed by atoms with Crippen molar-refractivity contribution in [3.63, 3.8) is 0 Å². The summed E-state index contributed by atoms with van der Waals surface area (Å²) in [5.41, 5.74) is 3.37. The van der Waals surface area contributed by atoms with Crippen LogP contribution >= 0.6 is 0 Å². The number of pyridine rings is 1. The Bertz CT molecular complexity index is 727. The van der Waals surface area contributed by atoms with Crippen molar-refractivity contribution in [2.24, 2.45) is 0 Å². The standard InChI is InChI=1S/C21H27N3O2/c1-16-6-4-7-17(14-16)11-13-23-21(25)24-15-18-8-5-12-22-20(18)26-19-9-2-3-10-19/h4-8,12,14,19H,2-3,9-11,13,15H2,1H3,(H2,23,24,25).